The van der Waals surface area contributed by atoms with Gasteiger partial charge in [-0.1, -0.05) is 13.3 Å². The molecule has 0 aliphatic rings. The summed E-state index contributed by atoms with van der Waals surface area (Å²) in [4.78, 5) is 27.3. The molecule has 0 saturated heterocycles. The molecule has 1 amide bonds. The molecule has 124 valence electrons. The molecule has 0 unspecified atom stereocenters. The minimum absolute atomic E-state index is 0.0892. The summed E-state index contributed by atoms with van der Waals surface area (Å²) in [6, 6.07) is 5.33. The lowest BCUT2D eigenvalue weighted by Gasteiger charge is -2.16. The number of fused-ring (bicyclic) bond motifs is 1. The number of benzene rings is 1. The summed E-state index contributed by atoms with van der Waals surface area (Å²) in [6.45, 7) is 2.74. The SMILES string of the molecule is CCCCN(C)C(=O)Oc1ccc2c(CCC(=O)O)c[nH]c2c1. The summed E-state index contributed by atoms with van der Waals surface area (Å²) < 4.78 is 5.36. The lowest BCUT2D eigenvalue weighted by atomic mass is 10.1. The first-order valence-corrected chi connectivity index (χ1v) is 7.76. The molecule has 1 heterocycles. The van der Waals surface area contributed by atoms with Gasteiger partial charge in [-0.25, -0.2) is 4.79 Å². The van der Waals surface area contributed by atoms with E-state index < -0.39 is 5.97 Å². The normalized spacial score (nSPS) is 10.7. The molecule has 0 aliphatic heterocycles. The number of nitrogens with one attached hydrogen (secondary N) is 1. The number of amides is 1. The van der Waals surface area contributed by atoms with Gasteiger partial charge in [0, 0.05) is 43.2 Å². The Morgan fingerprint density at radius 2 is 2.13 bits per heavy atom. The number of aryl methyl sites for hydroxylation is 1. The third kappa shape index (κ3) is 4.48. The molecule has 1 aromatic heterocycles. The Morgan fingerprint density at radius 3 is 2.83 bits per heavy atom. The number of carbonyl (C=O) groups excluding carboxylic acids is 1. The molecule has 0 saturated carbocycles. The number of carboxylic acids is 1. The first-order chi connectivity index (χ1) is 11.0. The zero-order valence-electron chi connectivity index (χ0n) is 13.5. The van der Waals surface area contributed by atoms with Crippen molar-refractivity contribution in [3.63, 3.8) is 0 Å². The van der Waals surface area contributed by atoms with Crippen LogP contribution < -0.4 is 4.74 Å². The van der Waals surface area contributed by atoms with Gasteiger partial charge in [-0.2, -0.15) is 0 Å². The van der Waals surface area contributed by atoms with E-state index in [1.54, 1.807) is 30.3 Å². The van der Waals surface area contributed by atoms with Gasteiger partial charge in [-0.3, -0.25) is 4.79 Å². The fraction of sp³-hybridized carbons (Fsp3) is 0.412. The highest BCUT2D eigenvalue weighted by atomic mass is 16.6. The Balaban J connectivity index is 2.06. The molecule has 2 rings (SSSR count). The largest absolute Gasteiger partial charge is 0.481 e. The van der Waals surface area contributed by atoms with Crippen molar-refractivity contribution in [3.05, 3.63) is 30.0 Å². The van der Waals surface area contributed by atoms with Crippen LogP contribution in [0.1, 0.15) is 31.7 Å². The van der Waals surface area contributed by atoms with E-state index in [1.807, 2.05) is 6.07 Å². The Labute approximate surface area is 135 Å². The molecular weight excluding hydrogens is 296 g/mol. The van der Waals surface area contributed by atoms with Crippen LogP contribution in [-0.4, -0.2) is 40.6 Å². The summed E-state index contributed by atoms with van der Waals surface area (Å²) in [6.07, 6.45) is 3.93. The van der Waals surface area contributed by atoms with E-state index in [0.29, 0.717) is 18.7 Å². The zero-order chi connectivity index (χ0) is 16.8. The van der Waals surface area contributed by atoms with E-state index in [1.165, 1.54) is 0 Å². The zero-order valence-corrected chi connectivity index (χ0v) is 13.5. The topological polar surface area (TPSA) is 82.6 Å². The minimum Gasteiger partial charge on any atom is -0.481 e. The van der Waals surface area contributed by atoms with E-state index in [-0.39, 0.29) is 12.5 Å². The van der Waals surface area contributed by atoms with Crippen LogP contribution >= 0.6 is 0 Å². The summed E-state index contributed by atoms with van der Waals surface area (Å²) in [5, 5.41) is 9.72. The molecule has 1 aromatic carbocycles. The smallest absolute Gasteiger partial charge is 0.414 e. The first-order valence-electron chi connectivity index (χ1n) is 7.76. The van der Waals surface area contributed by atoms with Crippen LogP contribution in [0.25, 0.3) is 10.9 Å². The number of hydrogen-bond acceptors (Lipinski definition) is 3. The van der Waals surface area contributed by atoms with Gasteiger partial charge in [0.2, 0.25) is 0 Å². The Kier molecular flexibility index (Phi) is 5.62. The maximum atomic E-state index is 12.0. The predicted molar refractivity (Wildman–Crippen MR) is 87.8 cm³/mol. The van der Waals surface area contributed by atoms with E-state index in [4.69, 9.17) is 9.84 Å². The van der Waals surface area contributed by atoms with E-state index in [0.717, 1.165) is 29.3 Å². The number of carboxylic acid groups (broad SMARTS) is 1. The number of aromatic nitrogens is 1. The highest BCUT2D eigenvalue weighted by Crippen LogP contribution is 2.24. The van der Waals surface area contributed by atoms with E-state index >= 15 is 0 Å². The average Bonchev–Trinajstić information content (AvgIpc) is 2.92. The molecule has 2 aromatic rings. The van der Waals surface area contributed by atoms with Gasteiger partial charge in [-0.05, 0) is 30.5 Å². The first kappa shape index (κ1) is 16.9. The van der Waals surface area contributed by atoms with Crippen molar-refractivity contribution in [3.8, 4) is 5.75 Å². The number of aliphatic carboxylic acids is 1. The lowest BCUT2D eigenvalue weighted by molar-refractivity contribution is -0.136. The third-order valence-corrected chi connectivity index (χ3v) is 3.71. The van der Waals surface area contributed by atoms with Crippen molar-refractivity contribution in [2.75, 3.05) is 13.6 Å². The van der Waals surface area contributed by atoms with Gasteiger partial charge in [0.05, 0.1) is 0 Å². The third-order valence-electron chi connectivity index (χ3n) is 3.71. The molecular formula is C17H22N2O4. The molecule has 6 heteroatoms. The number of unbranched alkanes of at least 4 members (excludes halogenated alkanes) is 1. The van der Waals surface area contributed by atoms with Crippen molar-refractivity contribution in [1.29, 1.82) is 0 Å². The molecule has 0 bridgehead atoms. The Bertz CT molecular complexity index is 693. The van der Waals surface area contributed by atoms with Crippen LogP contribution in [0, 0.1) is 0 Å². The standard InChI is InChI=1S/C17H22N2O4/c1-3-4-9-19(2)17(22)23-13-6-7-14-12(5-8-16(20)21)11-18-15(14)10-13/h6-7,10-11,18H,3-5,8-9H2,1-2H3,(H,20,21). The van der Waals surface area contributed by atoms with Gasteiger partial charge >= 0.3 is 12.1 Å². The highest BCUT2D eigenvalue weighted by Gasteiger charge is 2.12. The van der Waals surface area contributed by atoms with Crippen LogP contribution in [0.3, 0.4) is 0 Å². The number of hydrogen-bond donors (Lipinski definition) is 2. The minimum atomic E-state index is -0.819. The molecule has 0 aliphatic carbocycles. The average molecular weight is 318 g/mol. The second kappa shape index (κ2) is 7.67. The molecule has 0 atom stereocenters. The van der Waals surface area contributed by atoms with Gasteiger partial charge in [0.1, 0.15) is 5.75 Å². The summed E-state index contributed by atoms with van der Waals surface area (Å²) in [5.74, 6) is -0.350. The van der Waals surface area contributed by atoms with E-state index in [2.05, 4.69) is 11.9 Å². The fourth-order valence-corrected chi connectivity index (χ4v) is 2.34. The molecule has 0 fully saturated rings. The number of rotatable bonds is 7. The second-order valence-electron chi connectivity index (χ2n) is 5.56. The molecule has 2 N–H and O–H groups in total. The van der Waals surface area contributed by atoms with E-state index in [9.17, 15) is 9.59 Å². The summed E-state index contributed by atoms with van der Waals surface area (Å²) in [7, 11) is 1.72. The fourth-order valence-electron chi connectivity index (χ4n) is 2.34. The Morgan fingerprint density at radius 1 is 1.35 bits per heavy atom. The van der Waals surface area contributed by atoms with Gasteiger partial charge in [0.25, 0.3) is 0 Å². The summed E-state index contributed by atoms with van der Waals surface area (Å²) >= 11 is 0. The van der Waals surface area contributed by atoms with Crippen LogP contribution in [-0.2, 0) is 11.2 Å². The van der Waals surface area contributed by atoms with Crippen molar-refractivity contribution < 1.29 is 19.4 Å². The number of nitrogens with zero attached hydrogens (tertiary/aromatic N) is 1. The van der Waals surface area contributed by atoms with Crippen LogP contribution in [0.5, 0.6) is 5.75 Å². The number of H-pyrrole nitrogens is 1. The molecule has 0 spiro atoms. The monoisotopic (exact) mass is 318 g/mol. The van der Waals surface area contributed by atoms with Crippen LogP contribution in [0.4, 0.5) is 4.79 Å². The number of aromatic amines is 1. The van der Waals surface area contributed by atoms with Crippen molar-refractivity contribution >= 4 is 23.0 Å². The van der Waals surface area contributed by atoms with Crippen LogP contribution in [0.2, 0.25) is 0 Å². The van der Waals surface area contributed by atoms with Gasteiger partial charge in [-0.15, -0.1) is 0 Å². The second-order valence-corrected chi connectivity index (χ2v) is 5.56. The van der Waals surface area contributed by atoms with Crippen molar-refractivity contribution in [1.82, 2.24) is 9.88 Å². The predicted octanol–water partition coefficient (Wildman–Crippen LogP) is 3.42. The number of carbonyl (C=O) groups is 2. The molecule has 6 nitrogen and oxygen atoms in total. The van der Waals surface area contributed by atoms with Gasteiger partial charge < -0.3 is 19.7 Å². The van der Waals surface area contributed by atoms with Gasteiger partial charge in [0.15, 0.2) is 0 Å². The quantitative estimate of drug-likeness (QED) is 0.819. The maximum absolute atomic E-state index is 12.0. The number of ether oxygens (including phenoxy) is 1. The molecule has 23 heavy (non-hydrogen) atoms. The van der Waals surface area contributed by atoms with Crippen molar-refractivity contribution in [2.24, 2.45) is 0 Å². The van der Waals surface area contributed by atoms with Crippen molar-refractivity contribution in [2.45, 2.75) is 32.6 Å². The van der Waals surface area contributed by atoms with Crippen LogP contribution in [0.15, 0.2) is 24.4 Å². The lowest BCUT2D eigenvalue weighted by Crippen LogP contribution is -2.30. The maximum Gasteiger partial charge on any atom is 0.414 e. The highest BCUT2D eigenvalue weighted by molar-refractivity contribution is 5.85. The Hall–Kier alpha value is -2.50. The molecule has 0 radical (unpaired) electrons. The summed E-state index contributed by atoms with van der Waals surface area (Å²) in [5.41, 5.74) is 1.77.